The third-order valence-electron chi connectivity index (χ3n) is 3.85. The van der Waals surface area contributed by atoms with Crippen molar-refractivity contribution < 1.29 is 9.18 Å². The maximum atomic E-state index is 13.1. The molecule has 0 aliphatic carbocycles. The molecule has 0 aromatic heterocycles. The van der Waals surface area contributed by atoms with E-state index in [4.69, 9.17) is 0 Å². The monoisotopic (exact) mass is 338 g/mol. The lowest BCUT2D eigenvalue weighted by Crippen LogP contribution is -2.30. The van der Waals surface area contributed by atoms with E-state index in [0.717, 1.165) is 11.1 Å². The van der Waals surface area contributed by atoms with Crippen molar-refractivity contribution in [1.82, 2.24) is 5.32 Å². The number of nitriles is 1. The number of thioether (sulfide) groups is 1. The van der Waals surface area contributed by atoms with Crippen LogP contribution in [0.25, 0.3) is 0 Å². The maximum Gasteiger partial charge on any atom is 0.225 e. The van der Waals surface area contributed by atoms with Crippen molar-refractivity contribution in [3.63, 3.8) is 0 Å². The first-order chi connectivity index (χ1) is 11.7. The largest absolute Gasteiger partial charge is 0.320 e. The van der Waals surface area contributed by atoms with Crippen LogP contribution in [0.2, 0.25) is 0 Å². The lowest BCUT2D eigenvalue weighted by Gasteiger charge is -2.25. The Labute approximate surface area is 144 Å². The number of benzene rings is 2. The number of nitrogens with one attached hydrogen (secondary N) is 1. The molecule has 1 amide bonds. The minimum absolute atomic E-state index is 0.126. The molecule has 3 rings (SSSR count). The van der Waals surface area contributed by atoms with Crippen LogP contribution in [-0.2, 0) is 10.5 Å². The van der Waals surface area contributed by atoms with Gasteiger partial charge in [0.05, 0.1) is 16.7 Å². The van der Waals surface area contributed by atoms with Crippen LogP contribution < -0.4 is 5.32 Å². The van der Waals surface area contributed by atoms with E-state index in [1.807, 2.05) is 30.3 Å². The number of carbonyl (C=O) groups excluding carboxylic acids is 1. The Morgan fingerprint density at radius 1 is 1.17 bits per heavy atom. The summed E-state index contributed by atoms with van der Waals surface area (Å²) in [5, 5.41) is 13.0. The molecule has 1 heterocycles. The third kappa shape index (κ3) is 3.66. The van der Waals surface area contributed by atoms with Crippen molar-refractivity contribution >= 4 is 17.7 Å². The molecule has 120 valence electrons. The minimum atomic E-state index is -0.333. The van der Waals surface area contributed by atoms with E-state index in [1.54, 1.807) is 12.1 Å². The van der Waals surface area contributed by atoms with Gasteiger partial charge in [-0.25, -0.2) is 4.39 Å². The molecule has 2 aromatic carbocycles. The van der Waals surface area contributed by atoms with Crippen LogP contribution in [0.1, 0.15) is 23.5 Å². The second kappa shape index (κ2) is 7.33. The predicted octanol–water partition coefficient (Wildman–Crippen LogP) is 4.10. The summed E-state index contributed by atoms with van der Waals surface area (Å²) in [6.07, 6.45) is 0.198. The van der Waals surface area contributed by atoms with Crippen molar-refractivity contribution in [3.05, 3.63) is 82.1 Å². The second-order valence-electron chi connectivity index (χ2n) is 5.49. The summed E-state index contributed by atoms with van der Waals surface area (Å²) < 4.78 is 13.1. The summed E-state index contributed by atoms with van der Waals surface area (Å²) in [5.74, 6) is -0.126. The van der Waals surface area contributed by atoms with Crippen LogP contribution in [0.15, 0.2) is 65.2 Å². The fraction of sp³-hybridized carbons (Fsp3) is 0.158. The molecular weight excluding hydrogens is 323 g/mol. The number of amides is 1. The Morgan fingerprint density at radius 3 is 2.54 bits per heavy atom. The van der Waals surface area contributed by atoms with Gasteiger partial charge in [0, 0.05) is 18.1 Å². The normalized spacial score (nSPS) is 17.3. The lowest BCUT2D eigenvalue weighted by atomic mass is 9.87. The van der Waals surface area contributed by atoms with Gasteiger partial charge in [-0.05, 0) is 23.3 Å². The number of halogens is 1. The highest BCUT2D eigenvalue weighted by Crippen LogP contribution is 2.36. The number of hydrogen-bond acceptors (Lipinski definition) is 3. The van der Waals surface area contributed by atoms with Crippen molar-refractivity contribution in [2.45, 2.75) is 18.1 Å². The molecule has 0 spiro atoms. The molecule has 2 aromatic rings. The van der Waals surface area contributed by atoms with Crippen LogP contribution in [0.5, 0.6) is 0 Å². The Bertz CT molecular complexity index is 810. The van der Waals surface area contributed by atoms with Crippen LogP contribution >= 0.6 is 11.8 Å². The van der Waals surface area contributed by atoms with Crippen molar-refractivity contribution in [2.24, 2.45) is 0 Å². The van der Waals surface area contributed by atoms with Gasteiger partial charge in [-0.2, -0.15) is 5.26 Å². The highest BCUT2D eigenvalue weighted by Gasteiger charge is 2.29. The van der Waals surface area contributed by atoms with E-state index >= 15 is 0 Å². The third-order valence-corrected chi connectivity index (χ3v) is 4.94. The molecule has 1 aliphatic heterocycles. The van der Waals surface area contributed by atoms with E-state index in [0.29, 0.717) is 16.4 Å². The van der Waals surface area contributed by atoms with Crippen LogP contribution in [0.4, 0.5) is 4.39 Å². The quantitative estimate of drug-likeness (QED) is 0.913. The van der Waals surface area contributed by atoms with E-state index in [9.17, 15) is 14.4 Å². The van der Waals surface area contributed by atoms with Gasteiger partial charge in [0.2, 0.25) is 5.91 Å². The summed E-state index contributed by atoms with van der Waals surface area (Å²) in [6, 6.07) is 18.1. The number of allylic oxidation sites excluding steroid dienone is 1. The van der Waals surface area contributed by atoms with Crippen molar-refractivity contribution in [3.8, 4) is 6.07 Å². The molecule has 0 bridgehead atoms. The van der Waals surface area contributed by atoms with Gasteiger partial charge < -0.3 is 5.32 Å². The maximum absolute atomic E-state index is 13.1. The highest BCUT2D eigenvalue weighted by molar-refractivity contribution is 8.02. The first-order valence-corrected chi connectivity index (χ1v) is 8.52. The van der Waals surface area contributed by atoms with E-state index < -0.39 is 0 Å². The molecule has 1 aliphatic rings. The Morgan fingerprint density at radius 2 is 1.88 bits per heavy atom. The van der Waals surface area contributed by atoms with E-state index in [1.165, 1.54) is 23.9 Å². The first-order valence-electron chi connectivity index (χ1n) is 7.53. The van der Waals surface area contributed by atoms with Crippen LogP contribution in [0.3, 0.4) is 0 Å². The van der Waals surface area contributed by atoms with Crippen LogP contribution in [-0.4, -0.2) is 5.91 Å². The number of nitrogens with zero attached hydrogens (tertiary/aromatic N) is 1. The molecule has 1 N–H and O–H groups in total. The summed E-state index contributed by atoms with van der Waals surface area (Å²) in [6.45, 7) is 0. The second-order valence-corrected chi connectivity index (χ2v) is 6.47. The topological polar surface area (TPSA) is 52.9 Å². The molecule has 24 heavy (non-hydrogen) atoms. The number of hydrogen-bond donors (Lipinski definition) is 1. The molecule has 0 saturated heterocycles. The van der Waals surface area contributed by atoms with Gasteiger partial charge in [-0.3, -0.25) is 4.79 Å². The fourth-order valence-corrected chi connectivity index (χ4v) is 3.68. The fourth-order valence-electron chi connectivity index (χ4n) is 2.64. The summed E-state index contributed by atoms with van der Waals surface area (Å²) >= 11 is 1.44. The standard InChI is InChI=1S/C19H15FN2OS/c20-15-8-6-14(7-9-15)16-10-18(23)22-19(17(16)11-21)24-12-13-4-2-1-3-5-13/h1-9,16H,10,12H2,(H,22,23)/t16-/m0/s1. The zero-order chi connectivity index (χ0) is 16.9. The summed E-state index contributed by atoms with van der Waals surface area (Å²) in [4.78, 5) is 12.1. The highest BCUT2D eigenvalue weighted by atomic mass is 32.2. The summed E-state index contributed by atoms with van der Waals surface area (Å²) in [5.41, 5.74) is 2.42. The molecule has 0 fully saturated rings. The molecule has 0 radical (unpaired) electrons. The van der Waals surface area contributed by atoms with Crippen molar-refractivity contribution in [1.29, 1.82) is 5.26 Å². The molecule has 1 atom stereocenters. The van der Waals surface area contributed by atoms with Gasteiger partial charge in [0.1, 0.15) is 5.82 Å². The molecular formula is C19H15FN2OS. The number of carbonyl (C=O) groups is 1. The summed E-state index contributed by atoms with van der Waals surface area (Å²) in [7, 11) is 0. The Kier molecular flexibility index (Phi) is 4.97. The Balaban J connectivity index is 1.88. The lowest BCUT2D eigenvalue weighted by molar-refractivity contribution is -0.120. The average Bonchev–Trinajstić information content (AvgIpc) is 2.61. The van der Waals surface area contributed by atoms with Gasteiger partial charge in [-0.15, -0.1) is 11.8 Å². The van der Waals surface area contributed by atoms with E-state index in [2.05, 4.69) is 11.4 Å². The first kappa shape index (κ1) is 16.3. The zero-order valence-corrected chi connectivity index (χ0v) is 13.6. The number of rotatable bonds is 4. The molecule has 0 unspecified atom stereocenters. The molecule has 0 saturated carbocycles. The smallest absolute Gasteiger partial charge is 0.225 e. The predicted molar refractivity (Wildman–Crippen MR) is 92.3 cm³/mol. The Hall–Kier alpha value is -2.58. The van der Waals surface area contributed by atoms with Crippen LogP contribution in [0, 0.1) is 17.1 Å². The van der Waals surface area contributed by atoms with E-state index in [-0.39, 0.29) is 24.1 Å². The van der Waals surface area contributed by atoms with Gasteiger partial charge in [-0.1, -0.05) is 42.5 Å². The van der Waals surface area contributed by atoms with Gasteiger partial charge in [0.15, 0.2) is 0 Å². The molecule has 5 heteroatoms. The minimum Gasteiger partial charge on any atom is -0.320 e. The SMILES string of the molecule is N#CC1=C(SCc2ccccc2)NC(=O)C[C@H]1c1ccc(F)cc1. The average molecular weight is 338 g/mol. The zero-order valence-electron chi connectivity index (χ0n) is 12.8. The van der Waals surface area contributed by atoms with Gasteiger partial charge >= 0.3 is 0 Å². The molecule has 3 nitrogen and oxygen atoms in total. The van der Waals surface area contributed by atoms with Crippen molar-refractivity contribution in [2.75, 3.05) is 0 Å². The van der Waals surface area contributed by atoms with Gasteiger partial charge in [0.25, 0.3) is 0 Å².